The molecule has 0 saturated carbocycles. The lowest BCUT2D eigenvalue weighted by Crippen LogP contribution is -1.92. The molecular weight excluding hydrogens is 298 g/mol. The van der Waals surface area contributed by atoms with Crippen molar-refractivity contribution in [2.24, 2.45) is 0 Å². The zero-order valence-electron chi connectivity index (χ0n) is 12.2. The highest BCUT2D eigenvalue weighted by atomic mass is 16.7. The van der Waals surface area contributed by atoms with Crippen LogP contribution in [-0.2, 0) is 0 Å². The van der Waals surface area contributed by atoms with E-state index in [1.165, 1.54) is 7.11 Å². The molecule has 116 valence electrons. The third-order valence-corrected chi connectivity index (χ3v) is 3.57. The molecule has 0 fully saturated rings. The largest absolute Gasteiger partial charge is 0.504 e. The molecule has 0 saturated heterocycles. The maximum Gasteiger partial charge on any atom is 0.231 e. The van der Waals surface area contributed by atoms with Crippen LogP contribution in [0.25, 0.3) is 22.8 Å². The smallest absolute Gasteiger partial charge is 0.231 e. The van der Waals surface area contributed by atoms with Gasteiger partial charge < -0.3 is 19.3 Å². The van der Waals surface area contributed by atoms with E-state index in [4.69, 9.17) is 14.2 Å². The van der Waals surface area contributed by atoms with E-state index in [0.29, 0.717) is 34.5 Å². The number of benzene rings is 2. The van der Waals surface area contributed by atoms with Crippen molar-refractivity contribution in [2.45, 2.75) is 0 Å². The molecular formula is C16H13N3O4. The van der Waals surface area contributed by atoms with Crippen molar-refractivity contribution >= 4 is 0 Å². The van der Waals surface area contributed by atoms with Crippen molar-refractivity contribution < 1.29 is 19.3 Å². The molecule has 1 aliphatic rings. The Hall–Kier alpha value is -3.22. The van der Waals surface area contributed by atoms with Crippen molar-refractivity contribution in [3.8, 4) is 45.8 Å². The fraction of sp³-hybridized carbons (Fsp3) is 0.125. The third-order valence-electron chi connectivity index (χ3n) is 3.57. The molecule has 4 rings (SSSR count). The molecule has 0 bridgehead atoms. The highest BCUT2D eigenvalue weighted by Gasteiger charge is 2.16. The first kappa shape index (κ1) is 13.4. The fourth-order valence-electron chi connectivity index (χ4n) is 2.39. The Morgan fingerprint density at radius 1 is 1.09 bits per heavy atom. The Morgan fingerprint density at radius 2 is 1.91 bits per heavy atom. The van der Waals surface area contributed by atoms with Gasteiger partial charge in [-0.1, -0.05) is 0 Å². The molecule has 0 atom stereocenters. The molecule has 2 N–H and O–H groups in total. The number of hydrogen-bond donors (Lipinski definition) is 2. The summed E-state index contributed by atoms with van der Waals surface area (Å²) in [7, 11) is 1.50. The summed E-state index contributed by atoms with van der Waals surface area (Å²) in [6, 6.07) is 10.6. The van der Waals surface area contributed by atoms with E-state index >= 15 is 0 Å². The first-order valence-electron chi connectivity index (χ1n) is 6.94. The van der Waals surface area contributed by atoms with Gasteiger partial charge >= 0.3 is 0 Å². The van der Waals surface area contributed by atoms with Crippen LogP contribution < -0.4 is 14.2 Å². The summed E-state index contributed by atoms with van der Waals surface area (Å²) in [6.45, 7) is 0.228. The van der Waals surface area contributed by atoms with Gasteiger partial charge in [0.2, 0.25) is 6.79 Å². The van der Waals surface area contributed by atoms with Gasteiger partial charge in [0.25, 0.3) is 0 Å². The Labute approximate surface area is 131 Å². The van der Waals surface area contributed by atoms with Gasteiger partial charge in [-0.15, -0.1) is 0 Å². The standard InChI is InChI=1S/C16H13N3O4/c1-21-12-4-2-9(6-11(12)20)15-17-16(19-18-15)10-3-5-13-14(7-10)23-8-22-13/h2-7,20H,8H2,1H3,(H,17,18,19). The number of aromatic nitrogens is 3. The van der Waals surface area contributed by atoms with Gasteiger partial charge in [-0.25, -0.2) is 4.98 Å². The Kier molecular flexibility index (Phi) is 3.04. The topological polar surface area (TPSA) is 89.5 Å². The summed E-state index contributed by atoms with van der Waals surface area (Å²) < 4.78 is 15.7. The summed E-state index contributed by atoms with van der Waals surface area (Å²) >= 11 is 0. The van der Waals surface area contributed by atoms with Crippen LogP contribution in [0.15, 0.2) is 36.4 Å². The molecule has 7 nitrogen and oxygen atoms in total. The minimum Gasteiger partial charge on any atom is -0.504 e. The maximum atomic E-state index is 9.86. The van der Waals surface area contributed by atoms with E-state index in [9.17, 15) is 5.11 Å². The predicted octanol–water partition coefficient (Wildman–Crippen LogP) is 2.58. The number of H-pyrrole nitrogens is 1. The zero-order chi connectivity index (χ0) is 15.8. The van der Waals surface area contributed by atoms with E-state index in [1.54, 1.807) is 18.2 Å². The number of nitrogens with one attached hydrogen (secondary N) is 1. The molecule has 23 heavy (non-hydrogen) atoms. The second-order valence-electron chi connectivity index (χ2n) is 4.96. The number of phenolic OH excluding ortho intramolecular Hbond substituents is 1. The van der Waals surface area contributed by atoms with Crippen molar-refractivity contribution in [2.75, 3.05) is 13.9 Å². The molecule has 1 aromatic heterocycles. The second kappa shape index (κ2) is 5.20. The quantitative estimate of drug-likeness (QED) is 0.773. The van der Waals surface area contributed by atoms with Gasteiger partial charge in [0.1, 0.15) is 0 Å². The molecule has 2 aromatic carbocycles. The lowest BCUT2D eigenvalue weighted by atomic mass is 10.2. The van der Waals surface area contributed by atoms with Gasteiger partial charge in [-0.2, -0.15) is 5.10 Å². The second-order valence-corrected chi connectivity index (χ2v) is 4.96. The zero-order valence-corrected chi connectivity index (χ0v) is 12.2. The average Bonchev–Trinajstić information content (AvgIpc) is 3.23. The van der Waals surface area contributed by atoms with Crippen molar-refractivity contribution in [1.29, 1.82) is 0 Å². The lowest BCUT2D eigenvalue weighted by Gasteiger charge is -2.03. The Bertz CT molecular complexity index is 876. The number of aromatic hydroxyl groups is 1. The van der Waals surface area contributed by atoms with Crippen LogP contribution in [0.4, 0.5) is 0 Å². The van der Waals surface area contributed by atoms with Gasteiger partial charge in [0, 0.05) is 11.1 Å². The molecule has 0 unspecified atom stereocenters. The monoisotopic (exact) mass is 311 g/mol. The summed E-state index contributed by atoms with van der Waals surface area (Å²) in [4.78, 5) is 4.46. The molecule has 3 aromatic rings. The number of phenols is 1. The van der Waals surface area contributed by atoms with Crippen LogP contribution in [0.5, 0.6) is 23.0 Å². The third kappa shape index (κ3) is 2.32. The predicted molar refractivity (Wildman–Crippen MR) is 81.6 cm³/mol. The van der Waals surface area contributed by atoms with E-state index in [-0.39, 0.29) is 12.5 Å². The number of nitrogens with zero attached hydrogens (tertiary/aromatic N) is 2. The molecule has 2 heterocycles. The molecule has 7 heteroatoms. The molecule has 1 aliphatic heterocycles. The number of rotatable bonds is 3. The van der Waals surface area contributed by atoms with E-state index in [2.05, 4.69) is 15.2 Å². The average molecular weight is 311 g/mol. The van der Waals surface area contributed by atoms with Crippen molar-refractivity contribution in [1.82, 2.24) is 15.2 Å². The van der Waals surface area contributed by atoms with Gasteiger partial charge in [-0.3, -0.25) is 5.10 Å². The number of fused-ring (bicyclic) bond motifs is 1. The number of methoxy groups -OCH3 is 1. The van der Waals surface area contributed by atoms with Crippen molar-refractivity contribution in [3.63, 3.8) is 0 Å². The van der Waals surface area contributed by atoms with Gasteiger partial charge in [0.05, 0.1) is 7.11 Å². The summed E-state index contributed by atoms with van der Waals surface area (Å²) in [6.07, 6.45) is 0. The number of aromatic amines is 1. The SMILES string of the molecule is COc1ccc(-c2n[nH]c(-c3ccc4c(c3)OCO4)n2)cc1O. The highest BCUT2D eigenvalue weighted by molar-refractivity contribution is 5.66. The summed E-state index contributed by atoms with van der Waals surface area (Å²) in [5.74, 6) is 2.93. The van der Waals surface area contributed by atoms with Crippen LogP contribution in [0.3, 0.4) is 0 Å². The van der Waals surface area contributed by atoms with Crippen LogP contribution in [-0.4, -0.2) is 34.2 Å². The van der Waals surface area contributed by atoms with E-state index in [0.717, 1.165) is 5.56 Å². The normalized spacial score (nSPS) is 12.4. The Morgan fingerprint density at radius 3 is 2.74 bits per heavy atom. The van der Waals surface area contributed by atoms with Gasteiger partial charge in [-0.05, 0) is 36.4 Å². The van der Waals surface area contributed by atoms with Gasteiger partial charge in [0.15, 0.2) is 34.6 Å². The summed E-state index contributed by atoms with van der Waals surface area (Å²) in [5.41, 5.74) is 1.53. The maximum absolute atomic E-state index is 9.86. The van der Waals surface area contributed by atoms with Crippen LogP contribution >= 0.6 is 0 Å². The van der Waals surface area contributed by atoms with Crippen LogP contribution in [0.1, 0.15) is 0 Å². The van der Waals surface area contributed by atoms with E-state index < -0.39 is 0 Å². The lowest BCUT2D eigenvalue weighted by molar-refractivity contribution is 0.174. The van der Waals surface area contributed by atoms with Crippen LogP contribution in [0, 0.1) is 0 Å². The highest BCUT2D eigenvalue weighted by Crippen LogP contribution is 2.35. The summed E-state index contributed by atoms with van der Waals surface area (Å²) in [5, 5.41) is 16.9. The minimum absolute atomic E-state index is 0.0411. The molecule has 0 spiro atoms. The van der Waals surface area contributed by atoms with Crippen molar-refractivity contribution in [3.05, 3.63) is 36.4 Å². The first-order valence-corrected chi connectivity index (χ1v) is 6.94. The molecule has 0 aliphatic carbocycles. The fourth-order valence-corrected chi connectivity index (χ4v) is 2.39. The van der Waals surface area contributed by atoms with E-state index in [1.807, 2.05) is 18.2 Å². The minimum atomic E-state index is 0.0411. The number of hydrogen-bond acceptors (Lipinski definition) is 6. The first-order chi connectivity index (χ1) is 11.2. The van der Waals surface area contributed by atoms with Crippen LogP contribution in [0.2, 0.25) is 0 Å². The molecule has 0 radical (unpaired) electrons. The molecule has 0 amide bonds. The Balaban J connectivity index is 1.68. The number of ether oxygens (including phenoxy) is 3.